The number of aliphatic hydroxyl groups excluding tert-OH is 1. The van der Waals surface area contributed by atoms with Gasteiger partial charge in [0.15, 0.2) is 0 Å². The number of carbonyl (C=O) groups is 1. The Labute approximate surface area is 118 Å². The van der Waals surface area contributed by atoms with Crippen LogP contribution in [-0.2, 0) is 19.6 Å². The lowest BCUT2D eigenvalue weighted by molar-refractivity contribution is -0.143. The van der Waals surface area contributed by atoms with Crippen LogP contribution in [-0.4, -0.2) is 48.0 Å². The van der Waals surface area contributed by atoms with E-state index in [2.05, 4.69) is 18.2 Å². The first kappa shape index (κ1) is 14.8. The van der Waals surface area contributed by atoms with Crippen LogP contribution in [0.15, 0.2) is 23.1 Å². The molecule has 1 aromatic carbocycles. The summed E-state index contributed by atoms with van der Waals surface area (Å²) in [6.45, 7) is -0.711. The Bertz CT molecular complexity index is 727. The quantitative estimate of drug-likeness (QED) is 0.714. The van der Waals surface area contributed by atoms with E-state index < -0.39 is 28.6 Å². The van der Waals surface area contributed by atoms with Crippen molar-refractivity contribution in [2.45, 2.75) is 10.9 Å². The van der Waals surface area contributed by atoms with Crippen LogP contribution in [0.5, 0.6) is 0 Å². The van der Waals surface area contributed by atoms with Crippen molar-refractivity contribution in [1.29, 1.82) is 0 Å². The zero-order chi connectivity index (χ0) is 14.8. The van der Waals surface area contributed by atoms with E-state index in [1.165, 1.54) is 12.1 Å². The lowest BCUT2D eigenvalue weighted by Gasteiger charge is -2.14. The normalized spacial score (nSPS) is 13.3. The third kappa shape index (κ3) is 2.77. The van der Waals surface area contributed by atoms with E-state index >= 15 is 0 Å². The number of hydrogen-bond donors (Lipinski definition) is 2. The van der Waals surface area contributed by atoms with E-state index in [1.807, 2.05) is 0 Å². The summed E-state index contributed by atoms with van der Waals surface area (Å²) in [5.41, 5.74) is 0.656. The van der Waals surface area contributed by atoms with E-state index in [4.69, 9.17) is 5.11 Å². The fourth-order valence-electron chi connectivity index (χ4n) is 1.55. The molecule has 0 saturated heterocycles. The highest BCUT2D eigenvalue weighted by Crippen LogP contribution is 2.21. The SMILES string of the molecule is COC(=O)C(CO)NS(=O)(=O)c1cccc2nsnc12. The van der Waals surface area contributed by atoms with Crippen LogP contribution < -0.4 is 4.72 Å². The van der Waals surface area contributed by atoms with Crippen molar-refractivity contribution < 1.29 is 23.1 Å². The Morgan fingerprint density at radius 1 is 1.50 bits per heavy atom. The number of fused-ring (bicyclic) bond motifs is 1. The topological polar surface area (TPSA) is 118 Å². The van der Waals surface area contributed by atoms with Gasteiger partial charge in [-0.25, -0.2) is 8.42 Å². The van der Waals surface area contributed by atoms with Gasteiger partial charge in [0, 0.05) is 0 Å². The zero-order valence-electron chi connectivity index (χ0n) is 10.3. The molecule has 8 nitrogen and oxygen atoms in total. The molecular formula is C10H11N3O5S2. The molecule has 20 heavy (non-hydrogen) atoms. The third-order valence-corrected chi connectivity index (χ3v) is 4.55. The molecular weight excluding hydrogens is 306 g/mol. The molecule has 0 fully saturated rings. The molecule has 1 unspecified atom stereocenters. The van der Waals surface area contributed by atoms with Gasteiger partial charge in [-0.2, -0.15) is 13.5 Å². The maximum absolute atomic E-state index is 12.2. The van der Waals surface area contributed by atoms with Crippen LogP contribution in [0.2, 0.25) is 0 Å². The molecule has 0 aliphatic rings. The number of esters is 1. The highest BCUT2D eigenvalue weighted by molar-refractivity contribution is 7.89. The third-order valence-electron chi connectivity index (χ3n) is 2.50. The summed E-state index contributed by atoms with van der Waals surface area (Å²) in [6.07, 6.45) is 0. The molecule has 0 amide bonds. The largest absolute Gasteiger partial charge is 0.468 e. The minimum Gasteiger partial charge on any atom is -0.468 e. The Morgan fingerprint density at radius 2 is 2.25 bits per heavy atom. The molecule has 0 saturated carbocycles. The van der Waals surface area contributed by atoms with Gasteiger partial charge in [0.05, 0.1) is 25.4 Å². The van der Waals surface area contributed by atoms with Crippen molar-refractivity contribution in [3.63, 3.8) is 0 Å². The number of rotatable bonds is 5. The first-order valence-electron chi connectivity index (χ1n) is 5.42. The summed E-state index contributed by atoms with van der Waals surface area (Å²) >= 11 is 0.885. The van der Waals surface area contributed by atoms with Crippen molar-refractivity contribution >= 4 is 38.8 Å². The van der Waals surface area contributed by atoms with Gasteiger partial charge in [0.25, 0.3) is 0 Å². The molecule has 2 aromatic rings. The molecule has 0 aliphatic heterocycles. The summed E-state index contributed by atoms with van der Waals surface area (Å²) in [4.78, 5) is 11.2. The molecule has 1 heterocycles. The Morgan fingerprint density at radius 3 is 2.90 bits per heavy atom. The Kier molecular flexibility index (Phi) is 4.28. The molecule has 1 atom stereocenters. The van der Waals surface area contributed by atoms with Crippen molar-refractivity contribution in [2.24, 2.45) is 0 Å². The molecule has 1 aromatic heterocycles. The summed E-state index contributed by atoms with van der Waals surface area (Å²) in [5.74, 6) is -0.875. The van der Waals surface area contributed by atoms with Gasteiger partial charge in [0.1, 0.15) is 22.0 Å². The number of aromatic nitrogens is 2. The number of sulfonamides is 1. The van der Waals surface area contributed by atoms with Gasteiger partial charge in [-0.1, -0.05) is 6.07 Å². The van der Waals surface area contributed by atoms with Crippen LogP contribution >= 0.6 is 11.7 Å². The van der Waals surface area contributed by atoms with E-state index in [1.54, 1.807) is 6.07 Å². The number of nitrogens with zero attached hydrogens (tertiary/aromatic N) is 2. The fraction of sp³-hybridized carbons (Fsp3) is 0.300. The number of carbonyl (C=O) groups excluding carboxylic acids is 1. The maximum Gasteiger partial charge on any atom is 0.326 e. The summed E-state index contributed by atoms with van der Waals surface area (Å²) in [6, 6.07) is 3.12. The second-order valence-electron chi connectivity index (χ2n) is 3.77. The van der Waals surface area contributed by atoms with E-state index in [0.717, 1.165) is 18.8 Å². The van der Waals surface area contributed by atoms with E-state index in [9.17, 15) is 13.2 Å². The minimum atomic E-state index is -4.03. The number of benzene rings is 1. The van der Waals surface area contributed by atoms with Crippen LogP contribution in [0.1, 0.15) is 0 Å². The number of nitrogens with one attached hydrogen (secondary N) is 1. The predicted molar refractivity (Wildman–Crippen MR) is 70.6 cm³/mol. The Hall–Kier alpha value is -1.62. The number of methoxy groups -OCH3 is 1. The summed E-state index contributed by atoms with van der Waals surface area (Å²) in [5, 5.41) is 9.06. The van der Waals surface area contributed by atoms with Crippen LogP contribution in [0.3, 0.4) is 0 Å². The van der Waals surface area contributed by atoms with Crippen molar-refractivity contribution in [1.82, 2.24) is 13.5 Å². The fourth-order valence-corrected chi connectivity index (χ4v) is 3.49. The van der Waals surface area contributed by atoms with Crippen molar-refractivity contribution in [2.75, 3.05) is 13.7 Å². The monoisotopic (exact) mass is 317 g/mol. The highest BCUT2D eigenvalue weighted by atomic mass is 32.2. The van der Waals surface area contributed by atoms with Gasteiger partial charge >= 0.3 is 5.97 Å². The van der Waals surface area contributed by atoms with Gasteiger partial charge in [-0.15, -0.1) is 0 Å². The minimum absolute atomic E-state index is 0.105. The molecule has 0 aliphatic carbocycles. The molecule has 10 heteroatoms. The molecule has 2 N–H and O–H groups in total. The summed E-state index contributed by atoms with van der Waals surface area (Å²) < 4.78 is 38.8. The molecule has 0 bridgehead atoms. The maximum atomic E-state index is 12.2. The highest BCUT2D eigenvalue weighted by Gasteiger charge is 2.27. The van der Waals surface area contributed by atoms with Gasteiger partial charge in [0.2, 0.25) is 10.0 Å². The van der Waals surface area contributed by atoms with E-state index in [0.29, 0.717) is 5.52 Å². The number of aliphatic hydroxyl groups is 1. The van der Waals surface area contributed by atoms with Crippen molar-refractivity contribution in [3.05, 3.63) is 18.2 Å². The number of hydrogen-bond acceptors (Lipinski definition) is 8. The smallest absolute Gasteiger partial charge is 0.326 e. The van der Waals surface area contributed by atoms with E-state index in [-0.39, 0.29) is 10.4 Å². The first-order valence-corrected chi connectivity index (χ1v) is 7.63. The molecule has 108 valence electrons. The average molecular weight is 317 g/mol. The average Bonchev–Trinajstić information content (AvgIpc) is 2.91. The van der Waals surface area contributed by atoms with Crippen LogP contribution in [0.4, 0.5) is 0 Å². The predicted octanol–water partition coefficient (Wildman–Crippen LogP) is -0.496. The molecule has 2 rings (SSSR count). The second kappa shape index (κ2) is 5.79. The van der Waals surface area contributed by atoms with Gasteiger partial charge < -0.3 is 9.84 Å². The summed E-state index contributed by atoms with van der Waals surface area (Å²) in [7, 11) is -2.93. The van der Waals surface area contributed by atoms with Crippen LogP contribution in [0.25, 0.3) is 11.0 Å². The second-order valence-corrected chi connectivity index (χ2v) is 5.98. The zero-order valence-corrected chi connectivity index (χ0v) is 11.9. The molecule has 0 radical (unpaired) electrons. The lowest BCUT2D eigenvalue weighted by atomic mass is 10.3. The van der Waals surface area contributed by atoms with Crippen LogP contribution in [0, 0.1) is 0 Å². The lowest BCUT2D eigenvalue weighted by Crippen LogP contribution is -2.43. The van der Waals surface area contributed by atoms with Crippen molar-refractivity contribution in [3.8, 4) is 0 Å². The number of ether oxygens (including phenoxy) is 1. The standard InChI is InChI=1S/C10H11N3O5S2/c1-18-10(15)7(5-14)13-20(16,17)8-4-2-3-6-9(8)12-19-11-6/h2-4,7,13-14H,5H2,1H3. The van der Waals surface area contributed by atoms with Gasteiger partial charge in [-0.05, 0) is 12.1 Å². The molecule has 0 spiro atoms. The Balaban J connectivity index is 2.40. The van der Waals surface area contributed by atoms with Gasteiger partial charge in [-0.3, -0.25) is 4.79 Å². The first-order chi connectivity index (χ1) is 9.49.